The highest BCUT2D eigenvalue weighted by Crippen LogP contribution is 2.17. The van der Waals surface area contributed by atoms with Crippen molar-refractivity contribution < 1.29 is 19.1 Å². The molecule has 0 bridgehead atoms. The lowest BCUT2D eigenvalue weighted by atomic mass is 10.1. The Morgan fingerprint density at radius 3 is 2.38 bits per heavy atom. The minimum Gasteiger partial charge on any atom is -0.481 e. The predicted octanol–water partition coefficient (Wildman–Crippen LogP) is 3.36. The fourth-order valence-electron chi connectivity index (χ4n) is 1.75. The molecule has 0 saturated heterocycles. The number of carbonyl (C=O) groups is 2. The van der Waals surface area contributed by atoms with Gasteiger partial charge in [-0.2, -0.15) is 0 Å². The molecule has 0 aliphatic carbocycles. The van der Waals surface area contributed by atoms with Crippen LogP contribution in [0, 0.1) is 5.82 Å². The van der Waals surface area contributed by atoms with Crippen LogP contribution in [-0.2, 0) is 11.2 Å². The molecule has 0 aromatic heterocycles. The molecule has 0 aliphatic rings. The summed E-state index contributed by atoms with van der Waals surface area (Å²) in [5, 5.41) is 11.4. The van der Waals surface area contributed by atoms with Crippen LogP contribution in [0.4, 0.5) is 10.1 Å². The molecule has 0 aliphatic heterocycles. The van der Waals surface area contributed by atoms with Crippen LogP contribution in [0.5, 0.6) is 0 Å². The highest BCUT2D eigenvalue weighted by molar-refractivity contribution is 6.30. The lowest BCUT2D eigenvalue weighted by Gasteiger charge is -2.07. The van der Waals surface area contributed by atoms with Crippen LogP contribution in [0.15, 0.2) is 42.5 Å². The van der Waals surface area contributed by atoms with Gasteiger partial charge in [-0.25, -0.2) is 4.39 Å². The lowest BCUT2D eigenvalue weighted by molar-refractivity contribution is -0.136. The van der Waals surface area contributed by atoms with E-state index in [4.69, 9.17) is 16.7 Å². The van der Waals surface area contributed by atoms with Gasteiger partial charge in [0.2, 0.25) is 0 Å². The summed E-state index contributed by atoms with van der Waals surface area (Å²) >= 11 is 5.62. The molecule has 21 heavy (non-hydrogen) atoms. The van der Waals surface area contributed by atoms with E-state index in [1.165, 1.54) is 12.1 Å². The molecule has 0 saturated carbocycles. The molecule has 2 rings (SSSR count). The summed E-state index contributed by atoms with van der Waals surface area (Å²) in [7, 11) is 0. The number of halogens is 2. The Balaban J connectivity index is 2.10. The molecule has 2 aromatic rings. The molecule has 0 heterocycles. The fraction of sp³-hybridized carbons (Fsp3) is 0.0667. The third-order valence-electron chi connectivity index (χ3n) is 2.74. The average Bonchev–Trinajstić information content (AvgIpc) is 2.40. The van der Waals surface area contributed by atoms with Gasteiger partial charge in [0.1, 0.15) is 5.82 Å². The Labute approximate surface area is 125 Å². The molecule has 0 spiro atoms. The van der Waals surface area contributed by atoms with E-state index in [1.807, 2.05) is 0 Å². The molecule has 4 nitrogen and oxygen atoms in total. The molecule has 2 aromatic carbocycles. The molecule has 6 heteroatoms. The van der Waals surface area contributed by atoms with E-state index in [1.54, 1.807) is 24.3 Å². The molecule has 0 fully saturated rings. The molecule has 0 radical (unpaired) electrons. The van der Waals surface area contributed by atoms with E-state index in [-0.39, 0.29) is 17.0 Å². The first-order valence-electron chi connectivity index (χ1n) is 6.03. The van der Waals surface area contributed by atoms with Gasteiger partial charge >= 0.3 is 5.97 Å². The van der Waals surface area contributed by atoms with Crippen molar-refractivity contribution in [2.45, 2.75) is 6.42 Å². The first-order valence-corrected chi connectivity index (χ1v) is 6.40. The average molecular weight is 308 g/mol. The topological polar surface area (TPSA) is 66.4 Å². The summed E-state index contributed by atoms with van der Waals surface area (Å²) < 4.78 is 13.6. The summed E-state index contributed by atoms with van der Waals surface area (Å²) in [6.07, 6.45) is -0.0972. The maximum atomic E-state index is 13.6. The first kappa shape index (κ1) is 15.0. The van der Waals surface area contributed by atoms with Crippen molar-refractivity contribution in [3.8, 4) is 0 Å². The molecule has 2 N–H and O–H groups in total. The zero-order valence-electron chi connectivity index (χ0n) is 10.8. The number of amides is 1. The first-order chi connectivity index (χ1) is 9.95. The largest absolute Gasteiger partial charge is 0.481 e. The van der Waals surface area contributed by atoms with Gasteiger partial charge in [-0.3, -0.25) is 9.59 Å². The number of nitrogens with one attached hydrogen (secondary N) is 1. The van der Waals surface area contributed by atoms with Crippen molar-refractivity contribution in [1.29, 1.82) is 0 Å². The Bertz CT molecular complexity index is 686. The van der Waals surface area contributed by atoms with Crippen molar-refractivity contribution in [2.24, 2.45) is 0 Å². The monoisotopic (exact) mass is 307 g/mol. The highest BCUT2D eigenvalue weighted by Gasteiger charge is 2.12. The molecular weight excluding hydrogens is 297 g/mol. The second-order valence-electron chi connectivity index (χ2n) is 4.35. The fourth-order valence-corrected chi connectivity index (χ4v) is 1.91. The van der Waals surface area contributed by atoms with E-state index in [2.05, 4.69) is 5.32 Å². The van der Waals surface area contributed by atoms with Gasteiger partial charge in [0.15, 0.2) is 0 Å². The van der Waals surface area contributed by atoms with E-state index >= 15 is 0 Å². The molecular formula is C15H11ClFNO3. The number of hydrogen-bond donors (Lipinski definition) is 2. The number of anilines is 1. The molecule has 0 unspecified atom stereocenters. The Kier molecular flexibility index (Phi) is 4.55. The lowest BCUT2D eigenvalue weighted by Crippen LogP contribution is -2.13. The highest BCUT2D eigenvalue weighted by atomic mass is 35.5. The normalized spacial score (nSPS) is 10.2. The number of hydrogen-bond acceptors (Lipinski definition) is 2. The number of rotatable bonds is 4. The van der Waals surface area contributed by atoms with E-state index in [0.717, 1.165) is 6.07 Å². The van der Waals surface area contributed by atoms with Gasteiger partial charge in [0.05, 0.1) is 12.0 Å². The number of carboxylic acid groups (broad SMARTS) is 1. The quantitative estimate of drug-likeness (QED) is 0.910. The standard InChI is InChI=1S/C15H11ClFNO3/c16-10-3-6-12(13(17)8-10)15(21)18-11-4-1-9(2-5-11)7-14(19)20/h1-6,8H,7H2,(H,18,21)(H,19,20). The second kappa shape index (κ2) is 6.37. The second-order valence-corrected chi connectivity index (χ2v) is 4.78. The SMILES string of the molecule is O=C(O)Cc1ccc(NC(=O)c2ccc(Cl)cc2F)cc1. The Morgan fingerprint density at radius 1 is 1.14 bits per heavy atom. The van der Waals surface area contributed by atoms with Crippen LogP contribution >= 0.6 is 11.6 Å². The Morgan fingerprint density at radius 2 is 1.81 bits per heavy atom. The smallest absolute Gasteiger partial charge is 0.307 e. The van der Waals surface area contributed by atoms with Gasteiger partial charge in [0, 0.05) is 10.7 Å². The summed E-state index contributed by atoms with van der Waals surface area (Å²) in [6.45, 7) is 0. The van der Waals surface area contributed by atoms with Crippen LogP contribution in [0.3, 0.4) is 0 Å². The molecule has 0 atom stereocenters. The van der Waals surface area contributed by atoms with Gasteiger partial charge in [0.25, 0.3) is 5.91 Å². The van der Waals surface area contributed by atoms with Crippen LogP contribution in [0.25, 0.3) is 0 Å². The number of benzene rings is 2. The minimum atomic E-state index is -0.935. The predicted molar refractivity (Wildman–Crippen MR) is 77.1 cm³/mol. The third kappa shape index (κ3) is 4.03. The Hall–Kier alpha value is -2.40. The zero-order chi connectivity index (χ0) is 15.4. The summed E-state index contributed by atoms with van der Waals surface area (Å²) in [5.41, 5.74) is 0.940. The van der Waals surface area contributed by atoms with Crippen molar-refractivity contribution in [3.05, 3.63) is 64.4 Å². The molecule has 108 valence electrons. The van der Waals surface area contributed by atoms with E-state index in [0.29, 0.717) is 11.3 Å². The summed E-state index contributed by atoms with van der Waals surface area (Å²) in [4.78, 5) is 22.5. The van der Waals surface area contributed by atoms with E-state index < -0.39 is 17.7 Å². The van der Waals surface area contributed by atoms with Crippen LogP contribution < -0.4 is 5.32 Å². The third-order valence-corrected chi connectivity index (χ3v) is 2.98. The van der Waals surface area contributed by atoms with Crippen molar-refractivity contribution in [1.82, 2.24) is 0 Å². The zero-order valence-corrected chi connectivity index (χ0v) is 11.5. The van der Waals surface area contributed by atoms with Crippen LogP contribution in [0.1, 0.15) is 15.9 Å². The van der Waals surface area contributed by atoms with Gasteiger partial charge in [-0.05, 0) is 35.9 Å². The van der Waals surface area contributed by atoms with E-state index in [9.17, 15) is 14.0 Å². The maximum absolute atomic E-state index is 13.6. The number of carboxylic acids is 1. The summed E-state index contributed by atoms with van der Waals surface area (Å²) in [6, 6.07) is 10.1. The van der Waals surface area contributed by atoms with Crippen molar-refractivity contribution in [3.63, 3.8) is 0 Å². The summed E-state index contributed by atoms with van der Waals surface area (Å²) in [5.74, 6) is -2.24. The number of carbonyl (C=O) groups excluding carboxylic acids is 1. The minimum absolute atomic E-state index is 0.0972. The van der Waals surface area contributed by atoms with Crippen molar-refractivity contribution >= 4 is 29.2 Å². The van der Waals surface area contributed by atoms with Crippen LogP contribution in [-0.4, -0.2) is 17.0 Å². The molecule has 1 amide bonds. The van der Waals surface area contributed by atoms with Gasteiger partial charge in [-0.1, -0.05) is 23.7 Å². The van der Waals surface area contributed by atoms with Crippen molar-refractivity contribution in [2.75, 3.05) is 5.32 Å². The number of aliphatic carboxylic acids is 1. The van der Waals surface area contributed by atoms with Gasteiger partial charge < -0.3 is 10.4 Å². The van der Waals surface area contributed by atoms with Gasteiger partial charge in [-0.15, -0.1) is 0 Å². The van der Waals surface area contributed by atoms with Crippen LogP contribution in [0.2, 0.25) is 5.02 Å². The maximum Gasteiger partial charge on any atom is 0.307 e.